The van der Waals surface area contributed by atoms with E-state index in [0.29, 0.717) is 24.0 Å². The number of hydrogen-bond acceptors (Lipinski definition) is 6. The van der Waals surface area contributed by atoms with Gasteiger partial charge in [0.25, 0.3) is 17.5 Å². The van der Waals surface area contributed by atoms with Crippen molar-refractivity contribution in [1.82, 2.24) is 5.32 Å². The smallest absolute Gasteiger partial charge is 0.295 e. The molecule has 0 radical (unpaired) electrons. The van der Waals surface area contributed by atoms with Crippen LogP contribution in [0.3, 0.4) is 0 Å². The van der Waals surface area contributed by atoms with Gasteiger partial charge in [-0.05, 0) is 37.3 Å². The Hall–Kier alpha value is -3.69. The molecule has 0 aliphatic carbocycles. The molecule has 0 aliphatic rings. The lowest BCUT2D eigenvalue weighted by Gasteiger charge is -2.10. The van der Waals surface area contributed by atoms with Gasteiger partial charge in [-0.3, -0.25) is 19.7 Å². The molecule has 0 saturated carbocycles. The van der Waals surface area contributed by atoms with E-state index in [1.54, 1.807) is 6.92 Å². The predicted octanol–water partition coefficient (Wildman–Crippen LogP) is 2.08. The number of anilines is 2. The van der Waals surface area contributed by atoms with Gasteiger partial charge >= 0.3 is 0 Å². The van der Waals surface area contributed by atoms with E-state index in [2.05, 4.69) is 10.6 Å². The number of rotatable bonds is 7. The molecule has 0 heterocycles. The molecule has 0 fully saturated rings. The van der Waals surface area contributed by atoms with Gasteiger partial charge in [0.2, 0.25) is 0 Å². The summed E-state index contributed by atoms with van der Waals surface area (Å²) in [7, 11) is 0. The molecule has 27 heavy (non-hydrogen) atoms. The average Bonchev–Trinajstić information content (AvgIpc) is 2.62. The monoisotopic (exact) mass is 376 g/mol. The number of nitrogens with one attached hydrogen (secondary N) is 2. The fourth-order valence-corrected chi connectivity index (χ4v) is 2.17. The largest absolute Gasteiger partial charge is 0.484 e. The van der Waals surface area contributed by atoms with Gasteiger partial charge in [0.15, 0.2) is 6.61 Å². The van der Waals surface area contributed by atoms with Crippen LogP contribution in [0.4, 0.5) is 21.5 Å². The minimum absolute atomic E-state index is 0.150. The van der Waals surface area contributed by atoms with Crippen LogP contribution in [0.2, 0.25) is 0 Å². The van der Waals surface area contributed by atoms with Gasteiger partial charge in [0.05, 0.1) is 16.6 Å². The molecule has 2 aromatic rings. The van der Waals surface area contributed by atoms with Crippen molar-refractivity contribution in [3.05, 3.63) is 57.9 Å². The Morgan fingerprint density at radius 1 is 1.26 bits per heavy atom. The fourth-order valence-electron chi connectivity index (χ4n) is 2.17. The highest BCUT2D eigenvalue weighted by molar-refractivity contribution is 6.08. The van der Waals surface area contributed by atoms with Crippen molar-refractivity contribution in [3.8, 4) is 5.75 Å². The first-order chi connectivity index (χ1) is 12.8. The maximum absolute atomic E-state index is 13.5. The normalized spacial score (nSPS) is 10.1. The number of halogens is 1. The summed E-state index contributed by atoms with van der Waals surface area (Å²) >= 11 is 0. The molecular formula is C17H17FN4O5. The summed E-state index contributed by atoms with van der Waals surface area (Å²) in [5.41, 5.74) is 4.46. The van der Waals surface area contributed by atoms with E-state index in [-0.39, 0.29) is 18.1 Å². The number of carbonyl (C=O) groups excluding carboxylic acids is 2. The van der Waals surface area contributed by atoms with Crippen molar-refractivity contribution in [2.24, 2.45) is 0 Å². The molecule has 0 saturated heterocycles. The summed E-state index contributed by atoms with van der Waals surface area (Å²) in [5, 5.41) is 15.9. The van der Waals surface area contributed by atoms with E-state index in [0.717, 1.165) is 6.07 Å². The minimum atomic E-state index is -0.949. The lowest BCUT2D eigenvalue weighted by Crippen LogP contribution is -2.28. The number of amides is 2. The molecule has 2 amide bonds. The van der Waals surface area contributed by atoms with E-state index in [1.807, 2.05) is 0 Å². The number of nitro benzene ring substituents is 1. The van der Waals surface area contributed by atoms with Crippen LogP contribution in [-0.2, 0) is 4.79 Å². The Kier molecular flexibility index (Phi) is 6.26. The Morgan fingerprint density at radius 3 is 2.52 bits per heavy atom. The van der Waals surface area contributed by atoms with Crippen LogP contribution >= 0.6 is 0 Å². The SMILES string of the molecule is CCNC(=O)COc1ccc(NC(=O)c2cc(F)cc([N+](=O)[O-])c2N)cc1. The molecule has 0 atom stereocenters. The van der Waals surface area contributed by atoms with E-state index in [1.165, 1.54) is 24.3 Å². The number of likely N-dealkylation sites (N-methyl/N-ethyl adjacent to an activating group) is 1. The van der Waals surface area contributed by atoms with Gasteiger partial charge in [-0.15, -0.1) is 0 Å². The molecular weight excluding hydrogens is 359 g/mol. The van der Waals surface area contributed by atoms with Crippen LogP contribution < -0.4 is 21.1 Å². The average molecular weight is 376 g/mol. The van der Waals surface area contributed by atoms with Gasteiger partial charge in [-0.25, -0.2) is 4.39 Å². The van der Waals surface area contributed by atoms with E-state index in [4.69, 9.17) is 10.5 Å². The second kappa shape index (κ2) is 8.61. The number of carbonyl (C=O) groups is 2. The topological polar surface area (TPSA) is 137 Å². The lowest BCUT2D eigenvalue weighted by molar-refractivity contribution is -0.384. The highest BCUT2D eigenvalue weighted by Crippen LogP contribution is 2.27. The quantitative estimate of drug-likeness (QED) is 0.384. The van der Waals surface area contributed by atoms with Gasteiger partial charge in [0, 0.05) is 12.2 Å². The fraction of sp³-hybridized carbons (Fsp3) is 0.176. The third-order valence-corrected chi connectivity index (χ3v) is 3.42. The number of nitrogen functional groups attached to an aromatic ring is 1. The third-order valence-electron chi connectivity index (χ3n) is 3.42. The molecule has 2 rings (SSSR count). The molecule has 0 aliphatic heterocycles. The molecule has 9 nitrogen and oxygen atoms in total. The summed E-state index contributed by atoms with van der Waals surface area (Å²) in [6.45, 7) is 2.13. The number of benzene rings is 2. The second-order valence-electron chi connectivity index (χ2n) is 5.36. The highest BCUT2D eigenvalue weighted by atomic mass is 19.1. The van der Waals surface area contributed by atoms with Crippen molar-refractivity contribution in [1.29, 1.82) is 0 Å². The van der Waals surface area contributed by atoms with Crippen molar-refractivity contribution >= 4 is 28.9 Å². The van der Waals surface area contributed by atoms with Gasteiger partial charge in [-0.1, -0.05) is 0 Å². The summed E-state index contributed by atoms with van der Waals surface area (Å²) < 4.78 is 18.8. The third kappa shape index (κ3) is 5.14. The van der Waals surface area contributed by atoms with E-state index in [9.17, 15) is 24.1 Å². The first kappa shape index (κ1) is 19.6. The molecule has 10 heteroatoms. The predicted molar refractivity (Wildman–Crippen MR) is 96.0 cm³/mol. The van der Waals surface area contributed by atoms with Gasteiger partial charge in [0.1, 0.15) is 17.3 Å². The molecule has 0 aromatic heterocycles. The van der Waals surface area contributed by atoms with Crippen molar-refractivity contribution < 1.29 is 23.6 Å². The van der Waals surface area contributed by atoms with Crippen molar-refractivity contribution in [2.75, 3.05) is 24.2 Å². The van der Waals surface area contributed by atoms with Gasteiger partial charge in [-0.2, -0.15) is 0 Å². The second-order valence-corrected chi connectivity index (χ2v) is 5.36. The number of ether oxygens (including phenoxy) is 1. The Morgan fingerprint density at radius 2 is 1.93 bits per heavy atom. The summed E-state index contributed by atoms with van der Waals surface area (Å²) in [6.07, 6.45) is 0. The van der Waals surface area contributed by atoms with Crippen LogP contribution in [0.1, 0.15) is 17.3 Å². The zero-order chi connectivity index (χ0) is 20.0. The lowest BCUT2D eigenvalue weighted by atomic mass is 10.1. The maximum atomic E-state index is 13.5. The van der Waals surface area contributed by atoms with Crippen LogP contribution in [-0.4, -0.2) is 29.9 Å². The Balaban J connectivity index is 2.08. The Bertz CT molecular complexity index is 870. The highest BCUT2D eigenvalue weighted by Gasteiger charge is 2.21. The Labute approximate surface area is 153 Å². The number of nitro groups is 1. The molecule has 0 bridgehead atoms. The van der Waals surface area contributed by atoms with Gasteiger partial charge < -0.3 is 21.1 Å². The molecule has 142 valence electrons. The van der Waals surface area contributed by atoms with Crippen molar-refractivity contribution in [2.45, 2.75) is 6.92 Å². The van der Waals surface area contributed by atoms with E-state index >= 15 is 0 Å². The standard InChI is InChI=1S/C17H17FN4O5/c1-2-20-15(23)9-27-12-5-3-11(4-6-12)21-17(24)13-7-10(18)8-14(16(13)19)22(25)26/h3-8H,2,9,19H2,1H3,(H,20,23)(H,21,24). The first-order valence-corrected chi connectivity index (χ1v) is 7.86. The first-order valence-electron chi connectivity index (χ1n) is 7.86. The zero-order valence-corrected chi connectivity index (χ0v) is 14.3. The number of nitrogens with zero attached hydrogens (tertiary/aromatic N) is 1. The number of hydrogen-bond donors (Lipinski definition) is 3. The summed E-state index contributed by atoms with van der Waals surface area (Å²) in [5.74, 6) is -1.61. The molecule has 0 unspecified atom stereocenters. The molecule has 0 spiro atoms. The van der Waals surface area contributed by atoms with Crippen LogP contribution in [0.5, 0.6) is 5.75 Å². The summed E-state index contributed by atoms with van der Waals surface area (Å²) in [6, 6.07) is 7.50. The van der Waals surface area contributed by atoms with Crippen LogP contribution in [0, 0.1) is 15.9 Å². The van der Waals surface area contributed by atoms with Crippen LogP contribution in [0.25, 0.3) is 0 Å². The van der Waals surface area contributed by atoms with Crippen molar-refractivity contribution in [3.63, 3.8) is 0 Å². The molecule has 4 N–H and O–H groups in total. The van der Waals surface area contributed by atoms with Crippen LogP contribution in [0.15, 0.2) is 36.4 Å². The maximum Gasteiger partial charge on any atom is 0.295 e. The summed E-state index contributed by atoms with van der Waals surface area (Å²) in [4.78, 5) is 33.6. The number of nitrogens with two attached hydrogens (primary N) is 1. The van der Waals surface area contributed by atoms with E-state index < -0.39 is 28.0 Å². The zero-order valence-electron chi connectivity index (χ0n) is 14.3. The molecule has 2 aromatic carbocycles. The minimum Gasteiger partial charge on any atom is -0.484 e.